The third kappa shape index (κ3) is 5.98. The van der Waals surface area contributed by atoms with Crippen LogP contribution < -0.4 is 5.32 Å². The normalized spacial score (nSPS) is 11.4. The first-order chi connectivity index (χ1) is 8.59. The quantitative estimate of drug-likeness (QED) is 0.694. The summed E-state index contributed by atoms with van der Waals surface area (Å²) < 4.78 is 0. The monoisotopic (exact) mass is 251 g/mol. The minimum atomic E-state index is 0.218. The van der Waals surface area contributed by atoms with Crippen LogP contribution in [0.3, 0.4) is 0 Å². The van der Waals surface area contributed by atoms with Crippen LogP contribution in [-0.4, -0.2) is 41.2 Å². The van der Waals surface area contributed by atoms with E-state index in [9.17, 15) is 0 Å². The summed E-state index contributed by atoms with van der Waals surface area (Å²) in [5.74, 6) is 0.218. The van der Waals surface area contributed by atoms with E-state index < -0.39 is 0 Å². The number of nitrogens with one attached hydrogen (secondary N) is 1. The van der Waals surface area contributed by atoms with Crippen molar-refractivity contribution in [3.63, 3.8) is 0 Å². The van der Waals surface area contributed by atoms with Gasteiger partial charge in [0.25, 0.3) is 0 Å². The smallest absolute Gasteiger partial charge is 0.133 e. The molecule has 0 atom stereocenters. The Bertz CT molecular complexity index is 324. The van der Waals surface area contributed by atoms with Gasteiger partial charge in [0.15, 0.2) is 0 Å². The van der Waals surface area contributed by atoms with Gasteiger partial charge in [0, 0.05) is 12.6 Å². The summed E-state index contributed by atoms with van der Waals surface area (Å²) >= 11 is 0. The SMILES string of the molecule is CC(C)N(C)CCCCNCc1ccc(O)cn1. The Morgan fingerprint density at radius 2 is 2.11 bits per heavy atom. The van der Waals surface area contributed by atoms with Crippen molar-refractivity contribution < 1.29 is 5.11 Å². The van der Waals surface area contributed by atoms with Crippen LogP contribution in [0.4, 0.5) is 0 Å². The molecule has 1 aromatic heterocycles. The summed E-state index contributed by atoms with van der Waals surface area (Å²) in [4.78, 5) is 6.49. The first-order valence-corrected chi connectivity index (χ1v) is 6.64. The predicted molar refractivity (Wildman–Crippen MR) is 74.6 cm³/mol. The number of rotatable bonds is 8. The number of unbranched alkanes of at least 4 members (excludes halogenated alkanes) is 1. The van der Waals surface area contributed by atoms with Crippen LogP contribution in [0.1, 0.15) is 32.4 Å². The minimum Gasteiger partial charge on any atom is -0.506 e. The van der Waals surface area contributed by atoms with Gasteiger partial charge >= 0.3 is 0 Å². The standard InChI is InChI=1S/C14H25N3O/c1-12(2)17(3)9-5-4-8-15-10-13-6-7-14(18)11-16-13/h6-7,11-12,15,18H,4-5,8-10H2,1-3H3. The Labute approximate surface area is 110 Å². The molecule has 102 valence electrons. The number of pyridine rings is 1. The molecule has 0 saturated heterocycles. The fraction of sp³-hybridized carbons (Fsp3) is 0.643. The van der Waals surface area contributed by atoms with E-state index in [1.165, 1.54) is 19.0 Å². The molecule has 0 radical (unpaired) electrons. The molecule has 0 fully saturated rings. The van der Waals surface area contributed by atoms with Crippen LogP contribution in [0.2, 0.25) is 0 Å². The highest BCUT2D eigenvalue weighted by molar-refractivity contribution is 5.17. The van der Waals surface area contributed by atoms with Gasteiger partial charge in [-0.15, -0.1) is 0 Å². The molecule has 4 heteroatoms. The second-order valence-corrected chi connectivity index (χ2v) is 4.97. The van der Waals surface area contributed by atoms with Crippen molar-refractivity contribution in [3.8, 4) is 5.75 Å². The topological polar surface area (TPSA) is 48.4 Å². The lowest BCUT2D eigenvalue weighted by atomic mass is 10.2. The van der Waals surface area contributed by atoms with E-state index in [4.69, 9.17) is 5.11 Å². The van der Waals surface area contributed by atoms with Gasteiger partial charge in [0.2, 0.25) is 0 Å². The summed E-state index contributed by atoms with van der Waals surface area (Å²) in [6.07, 6.45) is 3.87. The van der Waals surface area contributed by atoms with Crippen LogP contribution in [0.15, 0.2) is 18.3 Å². The van der Waals surface area contributed by atoms with E-state index in [2.05, 4.69) is 36.1 Å². The fourth-order valence-electron chi connectivity index (χ4n) is 1.61. The molecule has 18 heavy (non-hydrogen) atoms. The van der Waals surface area contributed by atoms with Crippen LogP contribution in [-0.2, 0) is 6.54 Å². The Balaban J connectivity index is 2.03. The van der Waals surface area contributed by atoms with E-state index in [1.807, 2.05) is 6.07 Å². The number of aromatic nitrogens is 1. The van der Waals surface area contributed by atoms with Crippen LogP contribution in [0.25, 0.3) is 0 Å². The third-order valence-electron chi connectivity index (χ3n) is 3.11. The summed E-state index contributed by atoms with van der Waals surface area (Å²) in [6.45, 7) is 7.36. The van der Waals surface area contributed by atoms with Crippen molar-refractivity contribution in [2.24, 2.45) is 0 Å². The molecule has 1 aromatic rings. The highest BCUT2D eigenvalue weighted by atomic mass is 16.3. The highest BCUT2D eigenvalue weighted by Gasteiger charge is 2.01. The average molecular weight is 251 g/mol. The van der Waals surface area contributed by atoms with Gasteiger partial charge in [-0.25, -0.2) is 0 Å². The molecular weight excluding hydrogens is 226 g/mol. The lowest BCUT2D eigenvalue weighted by Crippen LogP contribution is -2.27. The molecule has 0 amide bonds. The second-order valence-electron chi connectivity index (χ2n) is 4.97. The molecule has 0 spiro atoms. The van der Waals surface area contributed by atoms with Crippen molar-refractivity contribution in [2.45, 2.75) is 39.3 Å². The predicted octanol–water partition coefficient (Wildman–Crippen LogP) is 2.00. The highest BCUT2D eigenvalue weighted by Crippen LogP contribution is 2.05. The molecule has 0 aliphatic carbocycles. The van der Waals surface area contributed by atoms with Crippen molar-refractivity contribution in [1.82, 2.24) is 15.2 Å². The summed E-state index contributed by atoms with van der Waals surface area (Å²) in [5, 5.41) is 12.5. The summed E-state index contributed by atoms with van der Waals surface area (Å²) in [6, 6.07) is 4.13. The van der Waals surface area contributed by atoms with E-state index in [0.717, 1.165) is 25.3 Å². The number of nitrogens with zero attached hydrogens (tertiary/aromatic N) is 2. The first kappa shape index (κ1) is 14.9. The van der Waals surface area contributed by atoms with E-state index in [1.54, 1.807) is 6.07 Å². The summed E-state index contributed by atoms with van der Waals surface area (Å²) in [7, 11) is 2.17. The van der Waals surface area contributed by atoms with Gasteiger partial charge < -0.3 is 15.3 Å². The van der Waals surface area contributed by atoms with E-state index in [0.29, 0.717) is 6.04 Å². The maximum Gasteiger partial charge on any atom is 0.133 e. The minimum absolute atomic E-state index is 0.218. The van der Waals surface area contributed by atoms with Crippen LogP contribution in [0.5, 0.6) is 5.75 Å². The van der Waals surface area contributed by atoms with Gasteiger partial charge in [0.1, 0.15) is 5.75 Å². The Morgan fingerprint density at radius 1 is 1.33 bits per heavy atom. The maximum atomic E-state index is 9.11. The van der Waals surface area contributed by atoms with Gasteiger partial charge in [-0.3, -0.25) is 4.98 Å². The van der Waals surface area contributed by atoms with E-state index >= 15 is 0 Å². The molecule has 1 rings (SSSR count). The van der Waals surface area contributed by atoms with Gasteiger partial charge in [-0.05, 0) is 59.0 Å². The maximum absolute atomic E-state index is 9.11. The Kier molecular flexibility index (Phi) is 6.68. The number of aromatic hydroxyl groups is 1. The Morgan fingerprint density at radius 3 is 2.72 bits per heavy atom. The molecule has 0 aliphatic heterocycles. The van der Waals surface area contributed by atoms with Gasteiger partial charge in [0.05, 0.1) is 11.9 Å². The number of hydrogen-bond acceptors (Lipinski definition) is 4. The lowest BCUT2D eigenvalue weighted by Gasteiger charge is -2.20. The van der Waals surface area contributed by atoms with Crippen LogP contribution >= 0.6 is 0 Å². The molecule has 0 aromatic carbocycles. The molecule has 0 saturated carbocycles. The molecular formula is C14H25N3O. The fourth-order valence-corrected chi connectivity index (χ4v) is 1.61. The zero-order valence-corrected chi connectivity index (χ0v) is 11.7. The van der Waals surface area contributed by atoms with Gasteiger partial charge in [-0.2, -0.15) is 0 Å². The molecule has 2 N–H and O–H groups in total. The third-order valence-corrected chi connectivity index (χ3v) is 3.11. The molecule has 4 nitrogen and oxygen atoms in total. The van der Waals surface area contributed by atoms with E-state index in [-0.39, 0.29) is 5.75 Å². The average Bonchev–Trinajstić information content (AvgIpc) is 2.35. The summed E-state index contributed by atoms with van der Waals surface area (Å²) in [5.41, 5.74) is 0.965. The Hall–Kier alpha value is -1.13. The molecule has 1 heterocycles. The van der Waals surface area contributed by atoms with Crippen molar-refractivity contribution in [2.75, 3.05) is 20.1 Å². The van der Waals surface area contributed by atoms with Crippen LogP contribution in [0, 0.1) is 0 Å². The molecule has 0 aliphatic rings. The first-order valence-electron chi connectivity index (χ1n) is 6.64. The molecule has 0 unspecified atom stereocenters. The largest absolute Gasteiger partial charge is 0.506 e. The zero-order chi connectivity index (χ0) is 13.4. The number of hydrogen-bond donors (Lipinski definition) is 2. The van der Waals surface area contributed by atoms with Crippen molar-refractivity contribution >= 4 is 0 Å². The molecule has 0 bridgehead atoms. The van der Waals surface area contributed by atoms with Crippen molar-refractivity contribution in [3.05, 3.63) is 24.0 Å². The van der Waals surface area contributed by atoms with Crippen molar-refractivity contribution in [1.29, 1.82) is 0 Å². The second kappa shape index (κ2) is 8.06. The lowest BCUT2D eigenvalue weighted by molar-refractivity contribution is 0.268. The van der Waals surface area contributed by atoms with Gasteiger partial charge in [-0.1, -0.05) is 0 Å². The zero-order valence-electron chi connectivity index (χ0n) is 11.7.